The zero-order valence-corrected chi connectivity index (χ0v) is 20.1. The number of nitrogens with zero attached hydrogens (tertiary/aromatic N) is 4. The molecule has 4 aromatic rings. The molecule has 14 heteroatoms. The van der Waals surface area contributed by atoms with Gasteiger partial charge in [-0.1, -0.05) is 17.3 Å². The van der Waals surface area contributed by atoms with E-state index in [9.17, 15) is 31.1 Å². The topological polar surface area (TPSA) is 85.8 Å². The molecular weight excluding hydrogens is 524 g/mol. The number of nitrogens with one attached hydrogen (secondary N) is 1. The maximum absolute atomic E-state index is 13.5. The maximum atomic E-state index is 13.5. The van der Waals surface area contributed by atoms with Gasteiger partial charge < -0.3 is 9.84 Å². The first-order valence-electron chi connectivity index (χ1n) is 10.4. The molecule has 1 atom stereocenters. The van der Waals surface area contributed by atoms with Gasteiger partial charge in [-0.15, -0.1) is 0 Å². The van der Waals surface area contributed by atoms with Crippen molar-refractivity contribution in [3.63, 3.8) is 0 Å². The Hall–Kier alpha value is -3.81. The van der Waals surface area contributed by atoms with Crippen LogP contribution in [-0.4, -0.2) is 25.8 Å². The van der Waals surface area contributed by atoms with Crippen molar-refractivity contribution in [2.45, 2.75) is 32.2 Å². The number of carbonyl (C=O) groups excluding carboxylic acids is 1. The van der Waals surface area contributed by atoms with Crippen LogP contribution in [0.5, 0.6) is 0 Å². The van der Waals surface area contributed by atoms with E-state index in [-0.39, 0.29) is 36.7 Å². The Morgan fingerprint density at radius 1 is 1.05 bits per heavy atom. The molecule has 0 radical (unpaired) electrons. The Bertz CT molecular complexity index is 1410. The van der Waals surface area contributed by atoms with E-state index < -0.39 is 41.0 Å². The van der Waals surface area contributed by atoms with Gasteiger partial charge in [0.2, 0.25) is 0 Å². The lowest BCUT2D eigenvalue weighted by Crippen LogP contribution is -2.17. The Morgan fingerprint density at radius 2 is 1.78 bits per heavy atom. The minimum absolute atomic E-state index is 0. The van der Waals surface area contributed by atoms with Crippen LogP contribution in [-0.2, 0) is 12.4 Å². The molecule has 3 aromatic heterocycles. The van der Waals surface area contributed by atoms with Gasteiger partial charge >= 0.3 is 12.4 Å². The molecule has 0 aliphatic carbocycles. The van der Waals surface area contributed by atoms with Crippen LogP contribution in [0.2, 0.25) is 0 Å². The number of carbonyl (C=O) groups is 1. The quantitative estimate of drug-likeness (QED) is 0.301. The normalized spacial score (nSPS) is 12.6. The van der Waals surface area contributed by atoms with E-state index >= 15 is 0 Å². The van der Waals surface area contributed by atoms with Crippen molar-refractivity contribution in [3.05, 3.63) is 82.9 Å². The zero-order valence-electron chi connectivity index (χ0n) is 19.1. The van der Waals surface area contributed by atoms with E-state index in [2.05, 4.69) is 20.6 Å². The van der Waals surface area contributed by atoms with Crippen molar-refractivity contribution in [2.75, 3.05) is 5.32 Å². The summed E-state index contributed by atoms with van der Waals surface area (Å²) in [6.45, 7) is 3.13. The molecule has 0 saturated carbocycles. The van der Waals surface area contributed by atoms with Crippen LogP contribution in [0.3, 0.4) is 0 Å². The summed E-state index contributed by atoms with van der Waals surface area (Å²) in [4.78, 5) is 16.8. The Kier molecular flexibility index (Phi) is 7.72. The predicted octanol–water partition coefficient (Wildman–Crippen LogP) is 6.25. The fourth-order valence-corrected chi connectivity index (χ4v) is 3.48. The van der Waals surface area contributed by atoms with Gasteiger partial charge in [0.05, 0.1) is 29.1 Å². The molecule has 0 saturated heterocycles. The number of hydrogen-bond donors (Lipinski definition) is 1. The van der Waals surface area contributed by atoms with E-state index in [1.165, 1.54) is 25.4 Å². The van der Waals surface area contributed by atoms with Crippen LogP contribution in [0, 0.1) is 6.92 Å². The highest BCUT2D eigenvalue weighted by molar-refractivity contribution is 7.59. The lowest BCUT2D eigenvalue weighted by atomic mass is 9.98. The zero-order chi connectivity index (χ0) is 26.3. The van der Waals surface area contributed by atoms with Crippen molar-refractivity contribution in [1.82, 2.24) is 19.9 Å². The van der Waals surface area contributed by atoms with Crippen molar-refractivity contribution in [3.8, 4) is 11.5 Å². The van der Waals surface area contributed by atoms with Crippen LogP contribution < -0.4 is 5.32 Å². The average molecular weight is 543 g/mol. The molecule has 1 aromatic carbocycles. The summed E-state index contributed by atoms with van der Waals surface area (Å²) in [7, 11) is 0. The number of alkyl halides is 6. The summed E-state index contributed by atoms with van der Waals surface area (Å²) in [5.74, 6) is -0.412. The Balaban J connectivity index is 0.00000380. The molecule has 0 fully saturated rings. The van der Waals surface area contributed by atoms with Crippen LogP contribution in [0.1, 0.15) is 45.8 Å². The van der Waals surface area contributed by atoms with Gasteiger partial charge in [-0.3, -0.25) is 9.48 Å². The summed E-state index contributed by atoms with van der Waals surface area (Å²) < 4.78 is 85.7. The number of amides is 1. The third kappa shape index (κ3) is 6.13. The monoisotopic (exact) mass is 543 g/mol. The highest BCUT2D eigenvalue weighted by atomic mass is 32.1. The maximum Gasteiger partial charge on any atom is 0.416 e. The van der Waals surface area contributed by atoms with Crippen molar-refractivity contribution < 1.29 is 35.7 Å². The number of halogens is 6. The van der Waals surface area contributed by atoms with E-state index in [4.69, 9.17) is 4.52 Å². The molecule has 7 nitrogen and oxygen atoms in total. The molecular formula is C23H19F6N5O2S. The number of aryl methyl sites for hydroxylation is 1. The third-order valence-corrected chi connectivity index (χ3v) is 5.28. The van der Waals surface area contributed by atoms with Gasteiger partial charge in [0, 0.05) is 18.0 Å². The van der Waals surface area contributed by atoms with Crippen LogP contribution in [0.15, 0.2) is 59.4 Å². The second-order valence-corrected chi connectivity index (χ2v) is 7.88. The van der Waals surface area contributed by atoms with E-state index in [0.29, 0.717) is 11.8 Å². The number of anilines is 1. The molecule has 196 valence electrons. The second-order valence-electron chi connectivity index (χ2n) is 7.88. The van der Waals surface area contributed by atoms with Crippen LogP contribution in [0.25, 0.3) is 11.5 Å². The second kappa shape index (κ2) is 10.3. The SMILES string of the molecule is Cc1cccc(-c2cc(C(=O)Nc3cnn([C@@H](C)c4ccc(C(F)(F)F)cc4C(F)(F)F)c3)no2)n1.S. The van der Waals surface area contributed by atoms with E-state index in [1.54, 1.807) is 25.1 Å². The fraction of sp³-hybridized carbons (Fsp3) is 0.217. The summed E-state index contributed by atoms with van der Waals surface area (Å²) in [6, 6.07) is 6.93. The predicted molar refractivity (Wildman–Crippen MR) is 125 cm³/mol. The number of benzene rings is 1. The summed E-state index contributed by atoms with van der Waals surface area (Å²) in [5, 5.41) is 10.2. The van der Waals surface area contributed by atoms with Gasteiger partial charge in [-0.2, -0.15) is 44.9 Å². The third-order valence-electron chi connectivity index (χ3n) is 5.28. The van der Waals surface area contributed by atoms with Gasteiger partial charge in [0.15, 0.2) is 11.5 Å². The number of pyridine rings is 1. The number of hydrogen-bond acceptors (Lipinski definition) is 5. The molecule has 1 amide bonds. The van der Waals surface area contributed by atoms with Gasteiger partial charge in [-0.25, -0.2) is 4.98 Å². The standard InChI is InChI=1S/C23H17F6N5O2.H2S/c1-12-4-3-5-18(31-12)20-9-19(33-36-20)21(35)32-15-10-30-34(11-15)13(2)16-7-6-14(22(24,25)26)8-17(16)23(27,28)29;/h3-11,13H,1-2H3,(H,32,35);1H2/t13-;/m0./s1. The van der Waals surface area contributed by atoms with E-state index in [0.717, 1.165) is 16.4 Å². The smallest absolute Gasteiger partial charge is 0.354 e. The van der Waals surface area contributed by atoms with Gasteiger partial charge in [0.1, 0.15) is 5.69 Å². The van der Waals surface area contributed by atoms with Crippen molar-refractivity contribution >= 4 is 25.1 Å². The molecule has 0 spiro atoms. The minimum atomic E-state index is -5.02. The number of aromatic nitrogens is 4. The average Bonchev–Trinajstić information content (AvgIpc) is 3.47. The Labute approximate surface area is 212 Å². The molecule has 4 rings (SSSR count). The van der Waals surface area contributed by atoms with Crippen molar-refractivity contribution in [1.29, 1.82) is 0 Å². The molecule has 3 heterocycles. The fourth-order valence-electron chi connectivity index (χ4n) is 3.48. The summed E-state index contributed by atoms with van der Waals surface area (Å²) in [6.07, 6.45) is -7.51. The minimum Gasteiger partial charge on any atom is -0.354 e. The Morgan fingerprint density at radius 3 is 2.43 bits per heavy atom. The van der Waals surface area contributed by atoms with Crippen LogP contribution >= 0.6 is 13.5 Å². The van der Waals surface area contributed by atoms with Crippen LogP contribution in [0.4, 0.5) is 32.0 Å². The number of rotatable bonds is 5. The highest BCUT2D eigenvalue weighted by Crippen LogP contribution is 2.39. The summed E-state index contributed by atoms with van der Waals surface area (Å²) >= 11 is 0. The highest BCUT2D eigenvalue weighted by Gasteiger charge is 2.39. The first-order chi connectivity index (χ1) is 16.8. The lowest BCUT2D eigenvalue weighted by molar-refractivity contribution is -0.143. The lowest BCUT2D eigenvalue weighted by Gasteiger charge is -2.20. The molecule has 0 aliphatic rings. The largest absolute Gasteiger partial charge is 0.416 e. The van der Waals surface area contributed by atoms with Gasteiger partial charge in [-0.05, 0) is 43.7 Å². The summed E-state index contributed by atoms with van der Waals surface area (Å²) in [5.41, 5.74) is -1.98. The first kappa shape index (κ1) is 27.8. The van der Waals surface area contributed by atoms with Gasteiger partial charge in [0.25, 0.3) is 5.91 Å². The molecule has 0 unspecified atom stereocenters. The van der Waals surface area contributed by atoms with E-state index in [1.807, 2.05) is 0 Å². The molecule has 0 aliphatic heterocycles. The molecule has 1 N–H and O–H groups in total. The first-order valence-corrected chi connectivity index (χ1v) is 10.4. The van der Waals surface area contributed by atoms with Crippen molar-refractivity contribution in [2.24, 2.45) is 0 Å². The molecule has 0 bridgehead atoms. The molecule has 37 heavy (non-hydrogen) atoms.